The average molecular weight is 581 g/mol. The number of rotatable bonds is 0. The van der Waals surface area contributed by atoms with Gasteiger partial charge in [0.1, 0.15) is 0 Å². The van der Waals surface area contributed by atoms with Crippen LogP contribution < -0.4 is 0 Å². The molecule has 81 valence electrons. The van der Waals surface area contributed by atoms with E-state index in [1.807, 2.05) is 0 Å². The second kappa shape index (κ2) is 309. The first-order valence-electron chi connectivity index (χ1n) is 0. The van der Waals surface area contributed by atoms with Crippen LogP contribution in [-0.2, 0) is 84.9 Å². The molecule has 0 atom stereocenters. The van der Waals surface area contributed by atoms with Crippen LogP contribution in [0.4, 0.5) is 0 Å². The Kier molecular flexibility index (Phi) is 8170. The molecule has 0 saturated heterocycles. The van der Waals surface area contributed by atoms with Crippen LogP contribution in [0.5, 0.6) is 0 Å². The van der Waals surface area contributed by atoms with Crippen molar-refractivity contribution in [1.29, 1.82) is 0 Å². The van der Waals surface area contributed by atoms with Gasteiger partial charge in [-0.1, -0.05) is 0 Å². The van der Waals surface area contributed by atoms with E-state index in [4.69, 9.17) is 0 Å². The SMILES string of the molecule is [Cr+3].[Cr+3].[Cr+3].[La+3].[La+3].[O-2].[O-2].[O-2].[O-2].[O-2].[O-2].[OH-].[OH-].[OH-]. The molecule has 0 unspecified atom stereocenters. The fourth-order valence-corrected chi connectivity index (χ4v) is 0. The summed E-state index contributed by atoms with van der Waals surface area (Å²) in [6, 6.07) is 0. The third-order valence-electron chi connectivity index (χ3n) is 0. The largest absolute Gasteiger partial charge is 3.00 e. The summed E-state index contributed by atoms with van der Waals surface area (Å²) in [6.07, 6.45) is 0. The van der Waals surface area contributed by atoms with Gasteiger partial charge in [-0.15, -0.1) is 0 Å². The molecule has 0 fully saturated rings. The second-order valence-corrected chi connectivity index (χ2v) is 0. The molecule has 0 aromatic carbocycles. The van der Waals surface area contributed by atoms with Crippen LogP contribution in [-0.4, -0.2) is 16.4 Å². The van der Waals surface area contributed by atoms with E-state index in [0.29, 0.717) is 0 Å². The van der Waals surface area contributed by atoms with Crippen molar-refractivity contribution in [3.8, 4) is 0 Å². The Balaban J connectivity index is 0. The first-order valence-corrected chi connectivity index (χ1v) is 0. The van der Waals surface area contributed by atoms with E-state index in [0.717, 1.165) is 0 Å². The molecule has 0 rings (SSSR count). The van der Waals surface area contributed by atoms with Gasteiger partial charge in [-0.05, 0) is 0 Å². The molecule has 3 radical (unpaired) electrons. The Morgan fingerprint density at radius 3 is 0.286 bits per heavy atom. The summed E-state index contributed by atoms with van der Waals surface area (Å²) in [7, 11) is 0. The summed E-state index contributed by atoms with van der Waals surface area (Å²) in [5.41, 5.74) is 0. The van der Waals surface area contributed by atoms with E-state index in [1.165, 1.54) is 0 Å². The molecule has 0 aliphatic heterocycles. The summed E-state index contributed by atoms with van der Waals surface area (Å²) in [5.74, 6) is 0. The molecule has 3 N–H and O–H groups in total. The van der Waals surface area contributed by atoms with Crippen LogP contribution >= 0.6 is 0 Å². The predicted octanol–water partition coefficient (Wildman–Crippen LogP) is -1.25. The molecular weight excluding hydrogens is 578 g/mol. The third-order valence-corrected chi connectivity index (χ3v) is 0. The Hall–Kier alpha value is 3.63. The van der Waals surface area contributed by atoms with Gasteiger partial charge < -0.3 is 49.3 Å². The standard InChI is InChI=1S/3Cr.2La.3H2O.6O/h;;;;;3*1H2;;;;;;/q5*+3;;;;6*-2/p-3. The Morgan fingerprint density at radius 1 is 0.286 bits per heavy atom. The molecule has 0 saturated carbocycles. The zero-order valence-electron chi connectivity index (χ0n) is 6.17. The van der Waals surface area contributed by atoms with E-state index in [9.17, 15) is 0 Å². The van der Waals surface area contributed by atoms with Crippen molar-refractivity contribution in [3.63, 3.8) is 0 Å². The van der Waals surface area contributed by atoms with Gasteiger partial charge in [0.05, 0.1) is 0 Å². The van der Waals surface area contributed by atoms with E-state index < -0.39 is 0 Å². The van der Waals surface area contributed by atoms with E-state index in [2.05, 4.69) is 0 Å². The maximum absolute atomic E-state index is 0. The first kappa shape index (κ1) is 370. The smallest absolute Gasteiger partial charge is 2.00 e. The summed E-state index contributed by atoms with van der Waals surface area (Å²) < 4.78 is 0. The van der Waals surface area contributed by atoms with Gasteiger partial charge in [0.25, 0.3) is 0 Å². The van der Waals surface area contributed by atoms with Crippen molar-refractivity contribution in [3.05, 3.63) is 0 Å². The summed E-state index contributed by atoms with van der Waals surface area (Å²) in [4.78, 5) is 0. The minimum Gasteiger partial charge on any atom is -2.00 e. The summed E-state index contributed by atoms with van der Waals surface area (Å²) in [6.45, 7) is 0. The minimum atomic E-state index is 0. The monoisotopic (exact) mass is 581 g/mol. The minimum absolute atomic E-state index is 0. The quantitative estimate of drug-likeness (QED) is 0.340. The van der Waals surface area contributed by atoms with Crippen LogP contribution in [0.25, 0.3) is 0 Å². The zero-order valence-corrected chi connectivity index (χ0v) is 17.2. The molecule has 0 aromatic heterocycles. The van der Waals surface area contributed by atoms with Gasteiger partial charge in [0, 0.05) is 0 Å². The van der Waals surface area contributed by atoms with E-state index in [1.54, 1.807) is 0 Å². The first-order chi connectivity index (χ1) is 0. The topological polar surface area (TPSA) is 261 Å². The van der Waals surface area contributed by atoms with Crippen molar-refractivity contribution in [1.82, 2.24) is 0 Å². The fraction of sp³-hybridized carbons (Fsp3) is 0. The molecule has 0 bridgehead atoms. The second-order valence-electron chi connectivity index (χ2n) is 0. The Bertz CT molecular complexity index is 18.0. The van der Waals surface area contributed by atoms with E-state index >= 15 is 0 Å². The van der Waals surface area contributed by atoms with Crippen molar-refractivity contribution in [2.75, 3.05) is 0 Å². The summed E-state index contributed by atoms with van der Waals surface area (Å²) >= 11 is 0. The zero-order chi connectivity index (χ0) is 0. The van der Waals surface area contributed by atoms with Gasteiger partial charge in [0.2, 0.25) is 0 Å². The van der Waals surface area contributed by atoms with Gasteiger partial charge in [-0.25, -0.2) is 0 Å². The van der Waals surface area contributed by atoms with Crippen LogP contribution in [0.1, 0.15) is 0 Å². The fourth-order valence-electron chi connectivity index (χ4n) is 0. The summed E-state index contributed by atoms with van der Waals surface area (Å²) in [5, 5.41) is 0. The van der Waals surface area contributed by atoms with Crippen LogP contribution in [0.2, 0.25) is 0 Å². The predicted molar refractivity (Wildman–Crippen MR) is 9.93 cm³/mol. The molecule has 9 nitrogen and oxygen atoms in total. The molecule has 0 amide bonds. The van der Waals surface area contributed by atoms with Crippen molar-refractivity contribution in [2.24, 2.45) is 0 Å². The normalized spacial score (nSPS) is 0. The van der Waals surface area contributed by atoms with Crippen LogP contribution in [0.3, 0.4) is 0 Å². The Labute approximate surface area is 170 Å². The maximum Gasteiger partial charge on any atom is 3.00 e. The van der Waals surface area contributed by atoms with Crippen molar-refractivity contribution >= 4 is 0 Å². The average Bonchev–Trinajstić information content (AvgIpc) is 0. The maximum atomic E-state index is 0. The van der Waals surface area contributed by atoms with Gasteiger partial charge in [-0.3, -0.25) is 0 Å². The number of hydrogen-bond donors (Lipinski definition) is 0. The molecule has 0 aliphatic rings. The Morgan fingerprint density at radius 2 is 0.286 bits per heavy atom. The molecule has 0 aromatic rings. The van der Waals surface area contributed by atoms with Gasteiger partial charge >= 0.3 is 123 Å². The van der Waals surface area contributed by atoms with Crippen molar-refractivity contribution in [2.45, 2.75) is 0 Å². The molecule has 0 heterocycles. The van der Waals surface area contributed by atoms with E-state index in [-0.39, 0.29) is 173 Å². The van der Waals surface area contributed by atoms with Gasteiger partial charge in [0.15, 0.2) is 0 Å². The third kappa shape index (κ3) is 254. The molecule has 0 aliphatic carbocycles. The molecule has 0 spiro atoms. The van der Waals surface area contributed by atoms with Crippen LogP contribution in [0, 0.1) is 71.2 Å². The molecular formula is H3Cr3La2O9. The van der Waals surface area contributed by atoms with Gasteiger partial charge in [-0.2, -0.15) is 0 Å². The number of hydrogen-bond acceptors (Lipinski definition) is 3. The molecule has 14 heteroatoms. The molecule has 14 heavy (non-hydrogen) atoms. The van der Waals surface area contributed by atoms with Crippen LogP contribution in [0.15, 0.2) is 0 Å². The van der Waals surface area contributed by atoms with Crippen molar-refractivity contribution < 1.29 is 173 Å².